The molecule has 1 aromatic carbocycles. The molecule has 0 saturated heterocycles. The number of carbonyl (C=O) groups excluding carboxylic acids is 1. The van der Waals surface area contributed by atoms with E-state index < -0.39 is 5.54 Å². The van der Waals surface area contributed by atoms with Gasteiger partial charge in [0.1, 0.15) is 0 Å². The summed E-state index contributed by atoms with van der Waals surface area (Å²) in [6.45, 7) is 6.19. The zero-order chi connectivity index (χ0) is 19.3. The van der Waals surface area contributed by atoms with Crippen LogP contribution in [0.15, 0.2) is 24.3 Å². The summed E-state index contributed by atoms with van der Waals surface area (Å²) in [5.74, 6) is 0.242. The monoisotopic (exact) mass is 395 g/mol. The fourth-order valence-corrected chi connectivity index (χ4v) is 3.55. The Balaban J connectivity index is 0.00000676. The van der Waals surface area contributed by atoms with Crippen LogP contribution in [0.2, 0.25) is 0 Å². The van der Waals surface area contributed by atoms with Crippen molar-refractivity contribution in [2.24, 2.45) is 5.73 Å². The van der Waals surface area contributed by atoms with Crippen LogP contribution in [0.1, 0.15) is 120 Å². The Morgan fingerprint density at radius 3 is 1.74 bits per heavy atom. The van der Waals surface area contributed by atoms with Crippen LogP contribution in [0.5, 0.6) is 0 Å². The molecule has 0 heterocycles. The lowest BCUT2D eigenvalue weighted by Crippen LogP contribution is -2.30. The number of hydrogen-bond donors (Lipinski definition) is 1. The molecule has 27 heavy (non-hydrogen) atoms. The standard InChI is InChI=1S/C24H41NO.ClH/c1-4-5-6-7-8-9-10-11-12-13-14-15-20-23(26)21-18-16-17-19-22(21)24(2,3)25;/h16-19H,4-15,20,25H2,1-3H3;1H. The second-order valence-electron chi connectivity index (χ2n) is 8.33. The highest BCUT2D eigenvalue weighted by molar-refractivity contribution is 5.97. The summed E-state index contributed by atoms with van der Waals surface area (Å²) in [7, 11) is 0. The second kappa shape index (κ2) is 15.1. The Hall–Kier alpha value is -0.860. The van der Waals surface area contributed by atoms with Crippen LogP contribution < -0.4 is 5.73 Å². The third-order valence-electron chi connectivity index (χ3n) is 5.18. The number of halogens is 1. The zero-order valence-electron chi connectivity index (χ0n) is 17.9. The van der Waals surface area contributed by atoms with Gasteiger partial charge in [-0.1, -0.05) is 102 Å². The molecule has 0 radical (unpaired) electrons. The SMILES string of the molecule is CCCCCCCCCCCCCCC(=O)c1ccccc1C(C)(C)N.Cl. The third kappa shape index (κ3) is 11.5. The Morgan fingerprint density at radius 1 is 0.815 bits per heavy atom. The molecule has 0 fully saturated rings. The number of unbranched alkanes of at least 4 members (excludes halogenated alkanes) is 11. The van der Waals surface area contributed by atoms with Crippen molar-refractivity contribution in [3.63, 3.8) is 0 Å². The van der Waals surface area contributed by atoms with Crippen LogP contribution in [-0.4, -0.2) is 5.78 Å². The largest absolute Gasteiger partial charge is 0.322 e. The molecule has 0 bridgehead atoms. The van der Waals surface area contributed by atoms with E-state index in [9.17, 15) is 4.79 Å². The minimum absolute atomic E-state index is 0. The predicted molar refractivity (Wildman–Crippen MR) is 121 cm³/mol. The number of rotatable bonds is 15. The Labute approximate surface area is 174 Å². The molecule has 0 atom stereocenters. The van der Waals surface area contributed by atoms with Crippen molar-refractivity contribution in [1.82, 2.24) is 0 Å². The van der Waals surface area contributed by atoms with Gasteiger partial charge < -0.3 is 5.73 Å². The Bertz CT molecular complexity index is 507. The van der Waals surface area contributed by atoms with Crippen molar-refractivity contribution < 1.29 is 4.79 Å². The van der Waals surface area contributed by atoms with Crippen molar-refractivity contribution in [3.8, 4) is 0 Å². The summed E-state index contributed by atoms with van der Waals surface area (Å²) in [5, 5.41) is 0. The first-order valence-electron chi connectivity index (χ1n) is 10.9. The van der Waals surface area contributed by atoms with E-state index in [0.717, 1.165) is 24.0 Å². The molecule has 0 aliphatic carbocycles. The first-order chi connectivity index (χ1) is 12.5. The average Bonchev–Trinajstić information content (AvgIpc) is 2.61. The second-order valence-corrected chi connectivity index (χ2v) is 8.33. The van der Waals surface area contributed by atoms with E-state index >= 15 is 0 Å². The molecule has 3 heteroatoms. The summed E-state index contributed by atoms with van der Waals surface area (Å²) in [6.07, 6.45) is 16.5. The molecule has 0 aromatic heterocycles. The molecular formula is C24H42ClNO. The van der Waals surface area contributed by atoms with E-state index in [4.69, 9.17) is 5.73 Å². The molecule has 0 unspecified atom stereocenters. The van der Waals surface area contributed by atoms with Gasteiger partial charge >= 0.3 is 0 Å². The first kappa shape index (κ1) is 26.1. The fraction of sp³-hybridized carbons (Fsp3) is 0.708. The molecule has 2 nitrogen and oxygen atoms in total. The molecule has 2 N–H and O–H groups in total. The lowest BCUT2D eigenvalue weighted by atomic mass is 9.88. The van der Waals surface area contributed by atoms with Crippen LogP contribution in [0.25, 0.3) is 0 Å². The lowest BCUT2D eigenvalue weighted by Gasteiger charge is -2.22. The molecule has 1 rings (SSSR count). The Kier molecular flexibility index (Phi) is 14.6. The number of Topliss-reactive ketones (excluding diaryl/α,β-unsaturated/α-hetero) is 1. The van der Waals surface area contributed by atoms with Gasteiger partial charge in [0.15, 0.2) is 5.78 Å². The summed E-state index contributed by atoms with van der Waals surface area (Å²) in [5.41, 5.74) is 7.51. The maximum Gasteiger partial charge on any atom is 0.163 e. The van der Waals surface area contributed by atoms with E-state index in [1.54, 1.807) is 0 Å². The van der Waals surface area contributed by atoms with Gasteiger partial charge in [-0.3, -0.25) is 4.79 Å². The van der Waals surface area contributed by atoms with Gasteiger partial charge in [-0.25, -0.2) is 0 Å². The van der Waals surface area contributed by atoms with E-state index in [-0.39, 0.29) is 18.2 Å². The van der Waals surface area contributed by atoms with Crippen LogP contribution in [0.3, 0.4) is 0 Å². The summed E-state index contributed by atoms with van der Waals surface area (Å²) < 4.78 is 0. The summed E-state index contributed by atoms with van der Waals surface area (Å²) in [4.78, 5) is 12.5. The molecule has 0 saturated carbocycles. The topological polar surface area (TPSA) is 43.1 Å². The predicted octanol–water partition coefficient (Wildman–Crippen LogP) is 7.58. The number of benzene rings is 1. The van der Waals surface area contributed by atoms with Crippen LogP contribution in [-0.2, 0) is 5.54 Å². The lowest BCUT2D eigenvalue weighted by molar-refractivity contribution is 0.0976. The van der Waals surface area contributed by atoms with Gasteiger partial charge in [0.25, 0.3) is 0 Å². The highest BCUT2D eigenvalue weighted by Gasteiger charge is 2.21. The van der Waals surface area contributed by atoms with E-state index in [0.29, 0.717) is 6.42 Å². The maximum absolute atomic E-state index is 12.5. The Morgan fingerprint density at radius 2 is 1.26 bits per heavy atom. The summed E-state index contributed by atoms with van der Waals surface area (Å²) in [6, 6.07) is 7.80. The van der Waals surface area contributed by atoms with E-state index in [1.165, 1.54) is 64.2 Å². The van der Waals surface area contributed by atoms with Crippen molar-refractivity contribution >= 4 is 18.2 Å². The number of ketones is 1. The fourth-order valence-electron chi connectivity index (χ4n) is 3.55. The van der Waals surface area contributed by atoms with E-state index in [1.807, 2.05) is 38.1 Å². The average molecular weight is 396 g/mol. The summed E-state index contributed by atoms with van der Waals surface area (Å²) >= 11 is 0. The van der Waals surface area contributed by atoms with Gasteiger partial charge in [-0.2, -0.15) is 0 Å². The van der Waals surface area contributed by atoms with Crippen LogP contribution in [0, 0.1) is 0 Å². The van der Waals surface area contributed by atoms with Crippen molar-refractivity contribution in [1.29, 1.82) is 0 Å². The molecule has 156 valence electrons. The normalized spacial score (nSPS) is 11.3. The van der Waals surface area contributed by atoms with Crippen molar-refractivity contribution in [2.75, 3.05) is 0 Å². The number of nitrogens with two attached hydrogens (primary N) is 1. The number of hydrogen-bond acceptors (Lipinski definition) is 2. The van der Waals surface area contributed by atoms with E-state index in [2.05, 4.69) is 6.92 Å². The van der Waals surface area contributed by atoms with Crippen molar-refractivity contribution in [3.05, 3.63) is 35.4 Å². The maximum atomic E-state index is 12.5. The minimum Gasteiger partial charge on any atom is -0.322 e. The van der Waals surface area contributed by atoms with Crippen LogP contribution in [0.4, 0.5) is 0 Å². The molecular weight excluding hydrogens is 354 g/mol. The quantitative estimate of drug-likeness (QED) is 0.245. The highest BCUT2D eigenvalue weighted by atomic mass is 35.5. The van der Waals surface area contributed by atoms with Gasteiger partial charge in [-0.05, 0) is 25.8 Å². The van der Waals surface area contributed by atoms with Gasteiger partial charge in [-0.15, -0.1) is 12.4 Å². The van der Waals surface area contributed by atoms with Crippen LogP contribution >= 0.6 is 12.4 Å². The third-order valence-corrected chi connectivity index (χ3v) is 5.18. The highest BCUT2D eigenvalue weighted by Crippen LogP contribution is 2.23. The molecule has 0 aliphatic heterocycles. The van der Waals surface area contributed by atoms with Crippen molar-refractivity contribution in [2.45, 2.75) is 110 Å². The van der Waals surface area contributed by atoms with Gasteiger partial charge in [0.05, 0.1) is 0 Å². The molecule has 1 aromatic rings. The molecule has 0 amide bonds. The first-order valence-corrected chi connectivity index (χ1v) is 10.9. The van der Waals surface area contributed by atoms with Gasteiger partial charge in [0, 0.05) is 17.5 Å². The minimum atomic E-state index is -0.469. The molecule has 0 aliphatic rings. The molecule has 0 spiro atoms. The smallest absolute Gasteiger partial charge is 0.163 e. The zero-order valence-corrected chi connectivity index (χ0v) is 18.7. The van der Waals surface area contributed by atoms with Gasteiger partial charge in [0.2, 0.25) is 0 Å². The number of carbonyl (C=O) groups is 1.